The molecule has 0 heterocycles. The van der Waals surface area contributed by atoms with Gasteiger partial charge >= 0.3 is 0 Å². The standard InChI is InChI=1S/C25H35ClN4O4S/c1-18(2)14-23(25(27)32)30(35(33,34)22-12-10-21(26)11-13-22)16-20-8-6-19(7-9-20)15-29(5)24(31)17-28(3)4/h6-13,18,23H,14-17H2,1-5H3,(H2,27,32). The molecule has 2 N–H and O–H groups in total. The highest BCUT2D eigenvalue weighted by atomic mass is 35.5. The number of rotatable bonds is 12. The maximum atomic E-state index is 13.6. The van der Waals surface area contributed by atoms with Crippen molar-refractivity contribution in [2.75, 3.05) is 27.7 Å². The quantitative estimate of drug-likeness (QED) is 0.461. The first-order chi connectivity index (χ1) is 16.3. The van der Waals surface area contributed by atoms with Crippen molar-refractivity contribution < 1.29 is 18.0 Å². The maximum Gasteiger partial charge on any atom is 0.244 e. The summed E-state index contributed by atoms with van der Waals surface area (Å²) >= 11 is 5.94. The van der Waals surface area contributed by atoms with E-state index in [9.17, 15) is 18.0 Å². The topological polar surface area (TPSA) is 104 Å². The predicted molar refractivity (Wildman–Crippen MR) is 138 cm³/mol. The Hall–Kier alpha value is -2.46. The van der Waals surface area contributed by atoms with Gasteiger partial charge in [0.2, 0.25) is 21.8 Å². The normalized spacial score (nSPS) is 12.8. The third-order valence-corrected chi connectivity index (χ3v) is 7.57. The van der Waals surface area contributed by atoms with Gasteiger partial charge in [-0.25, -0.2) is 8.42 Å². The lowest BCUT2D eigenvalue weighted by Gasteiger charge is -2.30. The van der Waals surface area contributed by atoms with Gasteiger partial charge < -0.3 is 15.5 Å². The number of carbonyl (C=O) groups is 2. The van der Waals surface area contributed by atoms with Gasteiger partial charge in [0.05, 0.1) is 11.4 Å². The number of likely N-dealkylation sites (N-methyl/N-ethyl adjacent to an activating group) is 2. The van der Waals surface area contributed by atoms with Gasteiger partial charge in [-0.05, 0) is 61.8 Å². The number of nitrogens with zero attached hydrogens (tertiary/aromatic N) is 3. The van der Waals surface area contributed by atoms with E-state index in [1.165, 1.54) is 28.6 Å². The molecule has 0 aliphatic carbocycles. The van der Waals surface area contributed by atoms with Gasteiger partial charge in [0.25, 0.3) is 0 Å². The Morgan fingerprint density at radius 3 is 1.89 bits per heavy atom. The number of primary amides is 1. The third kappa shape index (κ3) is 8.31. The summed E-state index contributed by atoms with van der Waals surface area (Å²) in [4.78, 5) is 28.1. The van der Waals surface area contributed by atoms with Crippen LogP contribution in [0.1, 0.15) is 31.4 Å². The molecule has 2 aromatic carbocycles. The van der Waals surface area contributed by atoms with E-state index >= 15 is 0 Å². The third-order valence-electron chi connectivity index (χ3n) is 5.45. The molecule has 2 amide bonds. The molecule has 0 spiro atoms. The Morgan fingerprint density at radius 2 is 1.43 bits per heavy atom. The molecular formula is C25H35ClN4O4S. The van der Waals surface area contributed by atoms with Crippen LogP contribution >= 0.6 is 11.6 Å². The van der Waals surface area contributed by atoms with Gasteiger partial charge in [-0.15, -0.1) is 0 Å². The van der Waals surface area contributed by atoms with Crippen LogP contribution in [0.5, 0.6) is 0 Å². The first-order valence-corrected chi connectivity index (χ1v) is 13.2. The molecule has 2 rings (SSSR count). The summed E-state index contributed by atoms with van der Waals surface area (Å²) in [6, 6.07) is 12.1. The average molecular weight is 523 g/mol. The number of halogens is 1. The van der Waals surface area contributed by atoms with Crippen molar-refractivity contribution in [3.63, 3.8) is 0 Å². The predicted octanol–water partition coefficient (Wildman–Crippen LogP) is 2.95. The van der Waals surface area contributed by atoms with Crippen molar-refractivity contribution in [1.82, 2.24) is 14.1 Å². The van der Waals surface area contributed by atoms with E-state index in [1.54, 1.807) is 24.1 Å². The van der Waals surface area contributed by atoms with Crippen molar-refractivity contribution >= 4 is 33.4 Å². The lowest BCUT2D eigenvalue weighted by Crippen LogP contribution is -2.48. The van der Waals surface area contributed by atoms with Gasteiger partial charge in [-0.2, -0.15) is 4.31 Å². The molecular weight excluding hydrogens is 488 g/mol. The van der Waals surface area contributed by atoms with Crippen LogP contribution in [0.15, 0.2) is 53.4 Å². The summed E-state index contributed by atoms with van der Waals surface area (Å²) in [5, 5.41) is 0.411. The van der Waals surface area contributed by atoms with Crippen LogP contribution in [0, 0.1) is 5.92 Å². The zero-order valence-electron chi connectivity index (χ0n) is 20.9. The molecule has 35 heavy (non-hydrogen) atoms. The summed E-state index contributed by atoms with van der Waals surface area (Å²) in [6.07, 6.45) is 0.291. The Kier molecular flexibility index (Phi) is 10.3. The second kappa shape index (κ2) is 12.5. The summed E-state index contributed by atoms with van der Waals surface area (Å²) in [5.74, 6) is -0.654. The zero-order chi connectivity index (χ0) is 26.3. The molecule has 0 bridgehead atoms. The fraction of sp³-hybridized carbons (Fsp3) is 0.440. The molecule has 0 saturated heterocycles. The van der Waals surface area contributed by atoms with Crippen molar-refractivity contribution in [2.45, 2.75) is 44.3 Å². The number of carbonyl (C=O) groups excluding carboxylic acids is 2. The molecule has 0 saturated carbocycles. The highest BCUT2D eigenvalue weighted by molar-refractivity contribution is 7.89. The Morgan fingerprint density at radius 1 is 0.914 bits per heavy atom. The largest absolute Gasteiger partial charge is 0.368 e. The molecule has 0 aliphatic heterocycles. The van der Waals surface area contributed by atoms with Crippen molar-refractivity contribution in [3.05, 3.63) is 64.7 Å². The van der Waals surface area contributed by atoms with Gasteiger partial charge in [-0.3, -0.25) is 9.59 Å². The smallest absolute Gasteiger partial charge is 0.244 e. The van der Waals surface area contributed by atoms with Gasteiger partial charge in [-0.1, -0.05) is 49.7 Å². The second-order valence-electron chi connectivity index (χ2n) is 9.36. The molecule has 2 aromatic rings. The van der Waals surface area contributed by atoms with Crippen LogP contribution in [-0.2, 0) is 32.7 Å². The fourth-order valence-corrected chi connectivity index (χ4v) is 5.33. The number of sulfonamides is 1. The van der Waals surface area contributed by atoms with Crippen LogP contribution in [0.2, 0.25) is 5.02 Å². The average Bonchev–Trinajstić information content (AvgIpc) is 2.76. The first-order valence-electron chi connectivity index (χ1n) is 11.3. The number of benzene rings is 2. The number of hydrogen-bond donors (Lipinski definition) is 1. The van der Waals surface area contributed by atoms with Gasteiger partial charge in [0, 0.05) is 25.2 Å². The Labute approximate surface area is 213 Å². The van der Waals surface area contributed by atoms with Crippen molar-refractivity contribution in [3.8, 4) is 0 Å². The van der Waals surface area contributed by atoms with Crippen LogP contribution in [0.3, 0.4) is 0 Å². The molecule has 0 aromatic heterocycles. The van der Waals surface area contributed by atoms with Crippen LogP contribution in [-0.4, -0.2) is 68.1 Å². The van der Waals surface area contributed by atoms with E-state index < -0.39 is 22.0 Å². The Bertz CT molecular complexity index is 1100. The molecule has 8 nitrogen and oxygen atoms in total. The highest BCUT2D eigenvalue weighted by Gasteiger charge is 2.35. The lowest BCUT2D eigenvalue weighted by molar-refractivity contribution is -0.131. The van der Waals surface area contributed by atoms with Crippen molar-refractivity contribution in [1.29, 1.82) is 0 Å². The number of amides is 2. The Balaban J connectivity index is 2.33. The molecule has 0 aliphatic rings. The molecule has 0 radical (unpaired) electrons. The van der Waals surface area contributed by atoms with Gasteiger partial charge in [0.15, 0.2) is 0 Å². The molecule has 10 heteroatoms. The van der Waals surface area contributed by atoms with Crippen LogP contribution in [0.25, 0.3) is 0 Å². The maximum absolute atomic E-state index is 13.6. The monoisotopic (exact) mass is 522 g/mol. The summed E-state index contributed by atoms with van der Waals surface area (Å²) < 4.78 is 28.3. The first kappa shape index (κ1) is 28.8. The van der Waals surface area contributed by atoms with E-state index in [0.29, 0.717) is 30.1 Å². The minimum absolute atomic E-state index is 0.00250. The summed E-state index contributed by atoms with van der Waals surface area (Å²) in [6.45, 7) is 4.53. The van der Waals surface area contributed by atoms with E-state index in [2.05, 4.69) is 0 Å². The molecule has 1 unspecified atom stereocenters. The van der Waals surface area contributed by atoms with Crippen LogP contribution in [0.4, 0.5) is 0 Å². The van der Waals surface area contributed by atoms with E-state index in [4.69, 9.17) is 17.3 Å². The number of nitrogens with two attached hydrogens (primary N) is 1. The van der Waals surface area contributed by atoms with Crippen LogP contribution < -0.4 is 5.73 Å². The number of hydrogen-bond acceptors (Lipinski definition) is 5. The van der Waals surface area contributed by atoms with E-state index in [0.717, 1.165) is 5.56 Å². The second-order valence-corrected chi connectivity index (χ2v) is 11.7. The minimum atomic E-state index is -4.04. The van der Waals surface area contributed by atoms with Gasteiger partial charge in [0.1, 0.15) is 6.04 Å². The zero-order valence-corrected chi connectivity index (χ0v) is 22.5. The van der Waals surface area contributed by atoms with E-state index in [1.807, 2.05) is 45.0 Å². The summed E-state index contributed by atoms with van der Waals surface area (Å²) in [7, 11) is 1.37. The van der Waals surface area contributed by atoms with E-state index in [-0.39, 0.29) is 23.3 Å². The molecule has 0 fully saturated rings. The SMILES string of the molecule is CC(C)CC(C(N)=O)N(Cc1ccc(CN(C)C(=O)CN(C)C)cc1)S(=O)(=O)c1ccc(Cl)cc1. The van der Waals surface area contributed by atoms with Crippen molar-refractivity contribution in [2.24, 2.45) is 11.7 Å². The molecule has 192 valence electrons. The molecule has 1 atom stereocenters. The fourth-order valence-electron chi connectivity index (χ4n) is 3.61. The summed E-state index contributed by atoms with van der Waals surface area (Å²) in [5.41, 5.74) is 7.28. The minimum Gasteiger partial charge on any atom is -0.368 e. The lowest BCUT2D eigenvalue weighted by atomic mass is 10.0. The highest BCUT2D eigenvalue weighted by Crippen LogP contribution is 2.26.